The zero-order valence-electron chi connectivity index (χ0n) is 7.44. The van der Waals surface area contributed by atoms with Crippen molar-refractivity contribution in [1.29, 1.82) is 5.26 Å². The number of para-hydroxylation sites is 1. The molecule has 0 amide bonds. The van der Waals surface area contributed by atoms with Crippen LogP contribution in [0.3, 0.4) is 0 Å². The van der Waals surface area contributed by atoms with Crippen molar-refractivity contribution in [2.75, 3.05) is 0 Å². The quantitative estimate of drug-likeness (QED) is 0.732. The fourth-order valence-electron chi connectivity index (χ4n) is 1.37. The second-order valence-electron chi connectivity index (χ2n) is 2.95. The zero-order chi connectivity index (χ0) is 9.97. The molecule has 1 N–H and O–H groups in total. The van der Waals surface area contributed by atoms with Gasteiger partial charge in [-0.2, -0.15) is 5.26 Å². The Labute approximate surface area is 81.2 Å². The van der Waals surface area contributed by atoms with Crippen molar-refractivity contribution in [3.05, 3.63) is 41.6 Å². The molecule has 1 aromatic heterocycles. The molecule has 3 nitrogen and oxygen atoms in total. The highest BCUT2D eigenvalue weighted by molar-refractivity contribution is 5.80. The number of nitrogens with zero attached hydrogens (tertiary/aromatic N) is 2. The van der Waals surface area contributed by atoms with Crippen molar-refractivity contribution in [2.24, 2.45) is 0 Å². The van der Waals surface area contributed by atoms with E-state index in [-0.39, 0.29) is 6.61 Å². The number of aliphatic hydroxyl groups excluding tert-OH is 1. The van der Waals surface area contributed by atoms with E-state index in [0.717, 1.165) is 10.9 Å². The monoisotopic (exact) mass is 184 g/mol. The van der Waals surface area contributed by atoms with Crippen LogP contribution in [0.25, 0.3) is 10.9 Å². The predicted molar refractivity (Wildman–Crippen MR) is 52.4 cm³/mol. The number of fused-ring (bicyclic) bond motifs is 1. The van der Waals surface area contributed by atoms with Gasteiger partial charge in [-0.1, -0.05) is 18.2 Å². The van der Waals surface area contributed by atoms with Gasteiger partial charge in [0.25, 0.3) is 0 Å². The van der Waals surface area contributed by atoms with E-state index in [9.17, 15) is 0 Å². The number of aliphatic hydroxyl groups is 1. The molecule has 1 heterocycles. The number of pyridine rings is 1. The van der Waals surface area contributed by atoms with E-state index >= 15 is 0 Å². The maximum atomic E-state index is 9.00. The van der Waals surface area contributed by atoms with E-state index in [4.69, 9.17) is 10.4 Å². The summed E-state index contributed by atoms with van der Waals surface area (Å²) in [5.74, 6) is 0. The summed E-state index contributed by atoms with van der Waals surface area (Å²) >= 11 is 0. The van der Waals surface area contributed by atoms with E-state index in [0.29, 0.717) is 11.3 Å². The van der Waals surface area contributed by atoms with Crippen LogP contribution in [0, 0.1) is 11.3 Å². The molecule has 0 bridgehead atoms. The van der Waals surface area contributed by atoms with Crippen LogP contribution in [-0.4, -0.2) is 10.1 Å². The molecule has 0 radical (unpaired) electrons. The zero-order valence-corrected chi connectivity index (χ0v) is 7.44. The minimum atomic E-state index is -0.201. The summed E-state index contributed by atoms with van der Waals surface area (Å²) in [4.78, 5) is 4.19. The van der Waals surface area contributed by atoms with Gasteiger partial charge in [0.2, 0.25) is 0 Å². The van der Waals surface area contributed by atoms with Crippen LogP contribution in [-0.2, 0) is 6.61 Å². The molecular weight excluding hydrogens is 176 g/mol. The number of hydrogen-bond acceptors (Lipinski definition) is 3. The molecule has 0 aliphatic carbocycles. The van der Waals surface area contributed by atoms with Crippen LogP contribution in [0.4, 0.5) is 0 Å². The van der Waals surface area contributed by atoms with E-state index in [2.05, 4.69) is 4.98 Å². The Morgan fingerprint density at radius 2 is 2.14 bits per heavy atom. The molecule has 0 fully saturated rings. The maximum absolute atomic E-state index is 9.00. The van der Waals surface area contributed by atoms with Crippen LogP contribution in [0.1, 0.15) is 11.3 Å². The molecule has 0 aliphatic rings. The minimum Gasteiger partial charge on any atom is -0.390 e. The van der Waals surface area contributed by atoms with Gasteiger partial charge in [-0.3, -0.25) is 0 Å². The lowest BCUT2D eigenvalue weighted by Gasteiger charge is -2.01. The first-order valence-corrected chi connectivity index (χ1v) is 4.25. The fraction of sp³-hybridized carbons (Fsp3) is 0.0909. The van der Waals surface area contributed by atoms with Crippen LogP contribution >= 0.6 is 0 Å². The molecule has 14 heavy (non-hydrogen) atoms. The molecule has 3 heteroatoms. The van der Waals surface area contributed by atoms with Crippen molar-refractivity contribution < 1.29 is 5.11 Å². The molecule has 0 saturated heterocycles. The van der Waals surface area contributed by atoms with Crippen molar-refractivity contribution >= 4 is 10.9 Å². The Morgan fingerprint density at radius 1 is 1.36 bits per heavy atom. The number of hydrogen-bond donors (Lipinski definition) is 1. The minimum absolute atomic E-state index is 0.201. The summed E-state index contributed by atoms with van der Waals surface area (Å²) < 4.78 is 0. The molecule has 0 spiro atoms. The maximum Gasteiger partial charge on any atom is 0.101 e. The lowest BCUT2D eigenvalue weighted by Crippen LogP contribution is -1.94. The molecule has 1 aromatic carbocycles. The Bertz CT molecular complexity index is 514. The molecular formula is C11H8N2O. The summed E-state index contributed by atoms with van der Waals surface area (Å²) in [5, 5.41) is 18.7. The van der Waals surface area contributed by atoms with E-state index in [1.54, 1.807) is 6.07 Å². The number of aromatic nitrogens is 1. The van der Waals surface area contributed by atoms with Gasteiger partial charge < -0.3 is 5.11 Å². The average Bonchev–Trinajstić information content (AvgIpc) is 2.27. The second-order valence-corrected chi connectivity index (χ2v) is 2.95. The van der Waals surface area contributed by atoms with Crippen molar-refractivity contribution in [3.63, 3.8) is 0 Å². The lowest BCUT2D eigenvalue weighted by molar-refractivity contribution is 0.277. The van der Waals surface area contributed by atoms with E-state index < -0.39 is 0 Å². The van der Waals surface area contributed by atoms with Gasteiger partial charge in [-0.05, 0) is 12.1 Å². The summed E-state index contributed by atoms with van der Waals surface area (Å²) in [7, 11) is 0. The van der Waals surface area contributed by atoms with Crippen LogP contribution in [0.2, 0.25) is 0 Å². The summed E-state index contributed by atoms with van der Waals surface area (Å²) in [5.41, 5.74) is 1.67. The van der Waals surface area contributed by atoms with Gasteiger partial charge >= 0.3 is 0 Å². The topological polar surface area (TPSA) is 56.9 Å². The summed E-state index contributed by atoms with van der Waals surface area (Å²) in [6.45, 7) is -0.201. The Hall–Kier alpha value is -1.92. The highest BCUT2D eigenvalue weighted by Gasteiger charge is 2.04. The number of nitriles is 1. The predicted octanol–water partition coefficient (Wildman–Crippen LogP) is 1.60. The molecule has 2 rings (SSSR count). The van der Waals surface area contributed by atoms with Crippen molar-refractivity contribution in [1.82, 2.24) is 4.98 Å². The van der Waals surface area contributed by atoms with E-state index in [1.807, 2.05) is 30.3 Å². The Kier molecular flexibility index (Phi) is 2.13. The molecule has 0 saturated carbocycles. The van der Waals surface area contributed by atoms with Crippen LogP contribution in [0.15, 0.2) is 30.3 Å². The van der Waals surface area contributed by atoms with Gasteiger partial charge in [-0.25, -0.2) is 4.98 Å². The van der Waals surface area contributed by atoms with E-state index in [1.165, 1.54) is 0 Å². The Morgan fingerprint density at radius 3 is 2.86 bits per heavy atom. The summed E-state index contributed by atoms with van der Waals surface area (Å²) in [6, 6.07) is 11.3. The van der Waals surface area contributed by atoms with Gasteiger partial charge in [-0.15, -0.1) is 0 Å². The third-order valence-electron chi connectivity index (χ3n) is 2.07. The molecule has 0 aliphatic heterocycles. The van der Waals surface area contributed by atoms with Crippen LogP contribution in [0.5, 0.6) is 0 Å². The highest BCUT2D eigenvalue weighted by Crippen LogP contribution is 2.15. The first-order valence-electron chi connectivity index (χ1n) is 4.25. The second kappa shape index (κ2) is 3.44. The number of rotatable bonds is 1. The smallest absolute Gasteiger partial charge is 0.101 e. The Balaban J connectivity index is 2.77. The van der Waals surface area contributed by atoms with Crippen molar-refractivity contribution in [3.8, 4) is 6.07 Å². The average molecular weight is 184 g/mol. The third kappa shape index (κ3) is 1.32. The third-order valence-corrected chi connectivity index (χ3v) is 2.07. The standard InChI is InChI=1S/C11H8N2O/c12-6-9-5-8-3-1-2-4-10(8)13-11(9)7-14/h1-5,14H,7H2. The van der Waals surface area contributed by atoms with Crippen LogP contribution < -0.4 is 0 Å². The summed E-state index contributed by atoms with van der Waals surface area (Å²) in [6.07, 6.45) is 0. The first-order chi connectivity index (χ1) is 6.85. The van der Waals surface area contributed by atoms with Crippen molar-refractivity contribution in [2.45, 2.75) is 6.61 Å². The van der Waals surface area contributed by atoms with Gasteiger partial charge in [0.05, 0.1) is 23.4 Å². The highest BCUT2D eigenvalue weighted by atomic mass is 16.3. The lowest BCUT2D eigenvalue weighted by atomic mass is 10.1. The SMILES string of the molecule is N#Cc1cc2ccccc2nc1CO. The fourth-order valence-corrected chi connectivity index (χ4v) is 1.37. The molecule has 2 aromatic rings. The van der Waals surface area contributed by atoms with Gasteiger partial charge in [0.1, 0.15) is 6.07 Å². The normalized spacial score (nSPS) is 10.0. The van der Waals surface area contributed by atoms with Gasteiger partial charge in [0, 0.05) is 5.39 Å². The molecule has 68 valence electrons. The van der Waals surface area contributed by atoms with Gasteiger partial charge in [0.15, 0.2) is 0 Å². The molecule has 0 unspecified atom stereocenters. The largest absolute Gasteiger partial charge is 0.390 e. The molecule has 0 atom stereocenters. The number of benzene rings is 1. The first kappa shape index (κ1) is 8.67.